The van der Waals surface area contributed by atoms with Gasteiger partial charge in [0.25, 0.3) is 0 Å². The van der Waals surface area contributed by atoms with Gasteiger partial charge in [-0.25, -0.2) is 4.79 Å². The van der Waals surface area contributed by atoms with E-state index in [9.17, 15) is 4.79 Å². The largest absolute Gasteiger partial charge is 0.488 e. The topological polar surface area (TPSA) is 46.5 Å². The van der Waals surface area contributed by atoms with Crippen LogP contribution in [0, 0.1) is 13.8 Å². The van der Waals surface area contributed by atoms with Gasteiger partial charge in [-0.05, 0) is 43.2 Å². The van der Waals surface area contributed by atoms with E-state index in [2.05, 4.69) is 0 Å². The quantitative estimate of drug-likeness (QED) is 0.916. The smallest absolute Gasteiger partial charge is 0.339 e. The number of rotatable bonds is 4. The minimum absolute atomic E-state index is 0.0720. The third-order valence-electron chi connectivity index (χ3n) is 3.06. The first kappa shape index (κ1) is 14.4. The number of hydrogen-bond donors (Lipinski definition) is 1. The second-order valence-electron chi connectivity index (χ2n) is 4.66. The highest BCUT2D eigenvalue weighted by Crippen LogP contribution is 2.24. The number of aromatic carboxylic acids is 1. The number of halogens is 1. The molecule has 0 amide bonds. The maximum absolute atomic E-state index is 11.2. The lowest BCUT2D eigenvalue weighted by Gasteiger charge is -2.11. The molecule has 0 heterocycles. The van der Waals surface area contributed by atoms with Gasteiger partial charge in [-0.2, -0.15) is 0 Å². The van der Waals surface area contributed by atoms with Crippen LogP contribution in [0.1, 0.15) is 27.0 Å². The number of ether oxygens (including phenoxy) is 1. The zero-order valence-electron chi connectivity index (χ0n) is 11.3. The molecule has 0 spiro atoms. The third kappa shape index (κ3) is 3.31. The number of carboxylic acids is 1. The van der Waals surface area contributed by atoms with E-state index in [4.69, 9.17) is 21.4 Å². The maximum atomic E-state index is 11.2. The summed E-state index contributed by atoms with van der Waals surface area (Å²) in [5.41, 5.74) is 3.37. The molecule has 0 radical (unpaired) electrons. The highest BCUT2D eigenvalue weighted by atomic mass is 35.5. The van der Waals surface area contributed by atoms with Crippen molar-refractivity contribution in [1.82, 2.24) is 0 Å². The van der Waals surface area contributed by atoms with Crippen molar-refractivity contribution in [2.24, 2.45) is 0 Å². The molecular weight excluding hydrogens is 276 g/mol. The van der Waals surface area contributed by atoms with Crippen LogP contribution in [0.5, 0.6) is 5.75 Å². The Morgan fingerprint density at radius 1 is 1.20 bits per heavy atom. The van der Waals surface area contributed by atoms with Gasteiger partial charge in [0.1, 0.15) is 17.9 Å². The fraction of sp³-hybridized carbons (Fsp3) is 0.188. The van der Waals surface area contributed by atoms with E-state index in [1.54, 1.807) is 12.1 Å². The lowest BCUT2D eigenvalue weighted by molar-refractivity contribution is 0.0691. The van der Waals surface area contributed by atoms with Crippen molar-refractivity contribution in [3.63, 3.8) is 0 Å². The fourth-order valence-corrected chi connectivity index (χ4v) is 2.08. The summed E-state index contributed by atoms with van der Waals surface area (Å²) < 4.78 is 5.64. The van der Waals surface area contributed by atoms with Crippen molar-refractivity contribution in [1.29, 1.82) is 0 Å². The molecule has 0 bridgehead atoms. The molecule has 0 saturated carbocycles. The van der Waals surface area contributed by atoms with Gasteiger partial charge in [-0.1, -0.05) is 35.4 Å². The van der Waals surface area contributed by atoms with Crippen molar-refractivity contribution >= 4 is 17.6 Å². The molecule has 0 aliphatic carbocycles. The second-order valence-corrected chi connectivity index (χ2v) is 5.10. The van der Waals surface area contributed by atoms with Crippen molar-refractivity contribution < 1.29 is 14.6 Å². The summed E-state index contributed by atoms with van der Waals surface area (Å²) in [5, 5.41) is 9.52. The highest BCUT2D eigenvalue weighted by Gasteiger charge is 2.12. The standard InChI is InChI=1S/C16H15ClO3/c1-10-3-4-11(2)12(7-10)9-20-15-6-5-13(17)8-14(15)16(18)19/h3-8H,9H2,1-2H3,(H,18,19). The molecule has 2 rings (SSSR count). The predicted octanol–water partition coefficient (Wildman–Crippen LogP) is 4.23. The van der Waals surface area contributed by atoms with Gasteiger partial charge in [0.05, 0.1) is 0 Å². The molecule has 4 heteroatoms. The minimum Gasteiger partial charge on any atom is -0.488 e. The van der Waals surface area contributed by atoms with Crippen molar-refractivity contribution in [3.8, 4) is 5.75 Å². The summed E-state index contributed by atoms with van der Waals surface area (Å²) in [6.07, 6.45) is 0. The number of benzene rings is 2. The molecule has 0 aliphatic heterocycles. The molecule has 0 saturated heterocycles. The Morgan fingerprint density at radius 3 is 2.65 bits per heavy atom. The number of hydrogen-bond acceptors (Lipinski definition) is 2. The minimum atomic E-state index is -1.05. The Labute approximate surface area is 122 Å². The van der Waals surface area contributed by atoms with E-state index in [1.807, 2.05) is 32.0 Å². The predicted molar refractivity (Wildman–Crippen MR) is 78.7 cm³/mol. The lowest BCUT2D eigenvalue weighted by Crippen LogP contribution is -2.04. The summed E-state index contributed by atoms with van der Waals surface area (Å²) in [4.78, 5) is 11.2. The van der Waals surface area contributed by atoms with Gasteiger partial charge in [-0.3, -0.25) is 0 Å². The number of carbonyl (C=O) groups is 1. The molecular formula is C16H15ClO3. The maximum Gasteiger partial charge on any atom is 0.339 e. The van der Waals surface area contributed by atoms with Crippen LogP contribution in [0.4, 0.5) is 0 Å². The lowest BCUT2D eigenvalue weighted by atomic mass is 10.1. The summed E-state index contributed by atoms with van der Waals surface area (Å²) in [5.74, 6) is -0.730. The first-order valence-corrected chi connectivity index (χ1v) is 6.57. The van der Waals surface area contributed by atoms with Crippen LogP contribution in [-0.2, 0) is 6.61 Å². The van der Waals surface area contributed by atoms with Gasteiger partial charge < -0.3 is 9.84 Å². The Bertz CT molecular complexity index is 650. The SMILES string of the molecule is Cc1ccc(C)c(COc2ccc(Cl)cc2C(=O)O)c1. The number of carboxylic acid groups (broad SMARTS) is 1. The zero-order valence-corrected chi connectivity index (χ0v) is 12.1. The van der Waals surface area contributed by atoms with E-state index in [0.29, 0.717) is 17.4 Å². The summed E-state index contributed by atoms with van der Waals surface area (Å²) >= 11 is 5.81. The molecule has 0 fully saturated rings. The summed E-state index contributed by atoms with van der Waals surface area (Å²) in [6.45, 7) is 4.33. The average molecular weight is 291 g/mol. The normalized spacial score (nSPS) is 10.3. The monoisotopic (exact) mass is 290 g/mol. The molecule has 104 valence electrons. The van der Waals surface area contributed by atoms with Gasteiger partial charge >= 0.3 is 5.97 Å². The van der Waals surface area contributed by atoms with E-state index in [-0.39, 0.29) is 5.56 Å². The molecule has 0 aromatic heterocycles. The Morgan fingerprint density at radius 2 is 1.95 bits per heavy atom. The summed E-state index contributed by atoms with van der Waals surface area (Å²) in [6, 6.07) is 10.7. The number of aryl methyl sites for hydroxylation is 2. The average Bonchev–Trinajstić information content (AvgIpc) is 2.40. The van der Waals surface area contributed by atoms with Crippen LogP contribution in [0.3, 0.4) is 0 Å². The van der Waals surface area contributed by atoms with Crippen molar-refractivity contribution in [2.45, 2.75) is 20.5 Å². The van der Waals surface area contributed by atoms with Gasteiger partial charge in [0.15, 0.2) is 0 Å². The third-order valence-corrected chi connectivity index (χ3v) is 3.29. The van der Waals surface area contributed by atoms with E-state index >= 15 is 0 Å². The first-order chi connectivity index (χ1) is 9.47. The first-order valence-electron chi connectivity index (χ1n) is 6.19. The van der Waals surface area contributed by atoms with Crippen LogP contribution in [0.2, 0.25) is 5.02 Å². The molecule has 1 N–H and O–H groups in total. The highest BCUT2D eigenvalue weighted by molar-refractivity contribution is 6.31. The fourth-order valence-electron chi connectivity index (χ4n) is 1.91. The Balaban J connectivity index is 2.23. The van der Waals surface area contributed by atoms with Crippen molar-refractivity contribution in [2.75, 3.05) is 0 Å². The molecule has 20 heavy (non-hydrogen) atoms. The summed E-state index contributed by atoms with van der Waals surface area (Å²) in [7, 11) is 0. The molecule has 3 nitrogen and oxygen atoms in total. The molecule has 0 unspecified atom stereocenters. The molecule has 2 aromatic rings. The van der Waals surface area contributed by atoms with Crippen molar-refractivity contribution in [3.05, 3.63) is 63.7 Å². The van der Waals surface area contributed by atoms with Gasteiger partial charge in [0.2, 0.25) is 0 Å². The molecule has 0 aliphatic rings. The van der Waals surface area contributed by atoms with Crippen LogP contribution >= 0.6 is 11.6 Å². The molecule has 0 atom stereocenters. The van der Waals surface area contributed by atoms with Gasteiger partial charge in [0, 0.05) is 5.02 Å². The van der Waals surface area contributed by atoms with Crippen LogP contribution in [-0.4, -0.2) is 11.1 Å². The Hall–Kier alpha value is -2.00. The second kappa shape index (κ2) is 5.97. The van der Waals surface area contributed by atoms with E-state index in [1.165, 1.54) is 6.07 Å². The van der Waals surface area contributed by atoms with Crippen LogP contribution in [0.15, 0.2) is 36.4 Å². The van der Waals surface area contributed by atoms with E-state index < -0.39 is 5.97 Å². The van der Waals surface area contributed by atoms with E-state index in [0.717, 1.165) is 16.7 Å². The molecule has 2 aromatic carbocycles. The van der Waals surface area contributed by atoms with Crippen LogP contribution < -0.4 is 4.74 Å². The van der Waals surface area contributed by atoms with Crippen LogP contribution in [0.25, 0.3) is 0 Å². The zero-order chi connectivity index (χ0) is 14.7. The Kier molecular flexibility index (Phi) is 4.30. The van der Waals surface area contributed by atoms with Gasteiger partial charge in [-0.15, -0.1) is 0 Å².